The van der Waals surface area contributed by atoms with E-state index in [-0.39, 0.29) is 17.9 Å². The number of hydrogen-bond acceptors (Lipinski definition) is 6. The number of nitro benzene ring substituents is 1. The smallest absolute Gasteiger partial charge is 0.338 e. The first-order chi connectivity index (χ1) is 10.7. The van der Waals surface area contributed by atoms with E-state index in [0.29, 0.717) is 17.0 Å². The van der Waals surface area contributed by atoms with Gasteiger partial charge >= 0.3 is 5.97 Å². The van der Waals surface area contributed by atoms with E-state index in [2.05, 4.69) is 5.16 Å². The Hall–Kier alpha value is -2.70. The van der Waals surface area contributed by atoms with Gasteiger partial charge in [0.15, 0.2) is 12.4 Å². The van der Waals surface area contributed by atoms with Gasteiger partial charge in [-0.3, -0.25) is 10.1 Å². The van der Waals surface area contributed by atoms with E-state index in [1.165, 1.54) is 12.1 Å². The maximum absolute atomic E-state index is 12.1. The fourth-order valence-corrected chi connectivity index (χ4v) is 2.15. The van der Waals surface area contributed by atoms with Crippen LogP contribution in [0.3, 0.4) is 0 Å². The van der Waals surface area contributed by atoms with Crippen LogP contribution in [0, 0.1) is 17.0 Å². The molecule has 122 valence electrons. The second-order valence-corrected chi connectivity index (χ2v) is 6.25. The monoisotopic (exact) mass is 318 g/mol. The van der Waals surface area contributed by atoms with Crippen LogP contribution in [0.4, 0.5) is 5.69 Å². The van der Waals surface area contributed by atoms with Crippen LogP contribution < -0.4 is 0 Å². The zero-order valence-electron chi connectivity index (χ0n) is 13.5. The van der Waals surface area contributed by atoms with Gasteiger partial charge in [0.1, 0.15) is 0 Å². The molecular formula is C16H18N2O5. The molecule has 0 saturated heterocycles. The molecule has 0 N–H and O–H groups in total. The van der Waals surface area contributed by atoms with Gasteiger partial charge in [-0.05, 0) is 18.4 Å². The van der Waals surface area contributed by atoms with Gasteiger partial charge in [0.25, 0.3) is 5.69 Å². The first kappa shape index (κ1) is 16.7. The van der Waals surface area contributed by atoms with Crippen molar-refractivity contribution in [1.82, 2.24) is 5.16 Å². The fourth-order valence-electron chi connectivity index (χ4n) is 2.15. The highest BCUT2D eigenvalue weighted by Gasteiger charge is 2.26. The summed E-state index contributed by atoms with van der Waals surface area (Å²) < 4.78 is 10.0. The zero-order valence-corrected chi connectivity index (χ0v) is 13.5. The Morgan fingerprint density at radius 1 is 1.35 bits per heavy atom. The fraction of sp³-hybridized carbons (Fsp3) is 0.375. The Bertz CT molecular complexity index is 743. The highest BCUT2D eigenvalue weighted by molar-refractivity contribution is 5.90. The first-order valence-corrected chi connectivity index (χ1v) is 7.06. The normalized spacial score (nSPS) is 11.3. The average molecular weight is 318 g/mol. The molecule has 7 heteroatoms. The number of carbonyl (C=O) groups is 1. The van der Waals surface area contributed by atoms with Crippen molar-refractivity contribution in [2.45, 2.75) is 39.7 Å². The van der Waals surface area contributed by atoms with Gasteiger partial charge in [0.2, 0.25) is 0 Å². The van der Waals surface area contributed by atoms with Crippen molar-refractivity contribution < 1.29 is 19.0 Å². The molecular weight excluding hydrogens is 300 g/mol. The predicted molar refractivity (Wildman–Crippen MR) is 82.2 cm³/mol. The number of ether oxygens (including phenoxy) is 1. The third kappa shape index (κ3) is 3.94. The van der Waals surface area contributed by atoms with Gasteiger partial charge in [-0.25, -0.2) is 4.79 Å². The van der Waals surface area contributed by atoms with Crippen LogP contribution in [0.2, 0.25) is 0 Å². The molecule has 0 aliphatic rings. The highest BCUT2D eigenvalue weighted by Crippen LogP contribution is 2.32. The van der Waals surface area contributed by atoms with E-state index < -0.39 is 16.3 Å². The predicted octanol–water partition coefficient (Wildman–Crippen LogP) is 3.55. The molecule has 0 fully saturated rings. The summed E-state index contributed by atoms with van der Waals surface area (Å²) in [6.07, 6.45) is 0. The minimum atomic E-state index is -0.650. The van der Waals surface area contributed by atoms with Crippen LogP contribution >= 0.6 is 0 Å². The second-order valence-electron chi connectivity index (χ2n) is 6.25. The quantitative estimate of drug-likeness (QED) is 0.486. The lowest BCUT2D eigenvalue weighted by atomic mass is 9.85. The van der Waals surface area contributed by atoms with Crippen molar-refractivity contribution in [2.24, 2.45) is 0 Å². The van der Waals surface area contributed by atoms with Crippen LogP contribution in [0.5, 0.6) is 0 Å². The van der Waals surface area contributed by atoms with Gasteiger partial charge in [0, 0.05) is 17.7 Å². The van der Waals surface area contributed by atoms with E-state index in [4.69, 9.17) is 9.26 Å². The Labute approximate surface area is 133 Å². The number of aryl methyl sites for hydroxylation is 1. The summed E-state index contributed by atoms with van der Waals surface area (Å²) in [5.41, 5.74) is 0.872. The molecule has 1 aromatic carbocycles. The third-order valence-corrected chi connectivity index (χ3v) is 3.26. The molecule has 0 spiro atoms. The van der Waals surface area contributed by atoms with Gasteiger partial charge in [0.05, 0.1) is 16.2 Å². The highest BCUT2D eigenvalue weighted by atomic mass is 16.6. The molecule has 2 rings (SSSR count). The average Bonchev–Trinajstić information content (AvgIpc) is 2.88. The molecule has 0 aliphatic heterocycles. The molecule has 1 heterocycles. The molecule has 0 radical (unpaired) electrons. The molecule has 0 unspecified atom stereocenters. The van der Waals surface area contributed by atoms with Crippen molar-refractivity contribution in [3.8, 4) is 0 Å². The number of nitro groups is 1. The van der Waals surface area contributed by atoms with E-state index in [9.17, 15) is 14.9 Å². The SMILES string of the molecule is Cc1cc(COC(=O)c2ccc(C(C)(C)C)c([N+](=O)[O-])c2)on1. The largest absolute Gasteiger partial charge is 0.454 e. The Kier molecular flexibility index (Phi) is 4.49. The van der Waals surface area contributed by atoms with Crippen LogP contribution in [-0.2, 0) is 16.8 Å². The Balaban J connectivity index is 2.20. The summed E-state index contributed by atoms with van der Waals surface area (Å²) in [4.78, 5) is 22.8. The van der Waals surface area contributed by atoms with Crippen molar-refractivity contribution in [3.63, 3.8) is 0 Å². The lowest BCUT2D eigenvalue weighted by molar-refractivity contribution is -0.386. The molecule has 0 bridgehead atoms. The molecule has 2 aromatic rings. The van der Waals surface area contributed by atoms with Crippen LogP contribution in [0.1, 0.15) is 48.1 Å². The maximum atomic E-state index is 12.1. The van der Waals surface area contributed by atoms with Crippen molar-refractivity contribution in [1.29, 1.82) is 0 Å². The Morgan fingerprint density at radius 2 is 2.04 bits per heavy atom. The topological polar surface area (TPSA) is 95.5 Å². The number of aromatic nitrogens is 1. The van der Waals surface area contributed by atoms with Gasteiger partial charge < -0.3 is 9.26 Å². The van der Waals surface area contributed by atoms with Crippen molar-refractivity contribution in [3.05, 3.63) is 57.0 Å². The lowest BCUT2D eigenvalue weighted by Crippen LogP contribution is -2.15. The zero-order chi connectivity index (χ0) is 17.2. The van der Waals surface area contributed by atoms with E-state index in [1.807, 2.05) is 20.8 Å². The maximum Gasteiger partial charge on any atom is 0.338 e. The number of esters is 1. The molecule has 0 saturated carbocycles. The second kappa shape index (κ2) is 6.20. The van der Waals surface area contributed by atoms with Crippen LogP contribution in [0.25, 0.3) is 0 Å². The van der Waals surface area contributed by atoms with E-state index in [0.717, 1.165) is 0 Å². The Morgan fingerprint density at radius 3 is 2.57 bits per heavy atom. The molecule has 0 aliphatic carbocycles. The third-order valence-electron chi connectivity index (χ3n) is 3.26. The number of hydrogen-bond donors (Lipinski definition) is 0. The summed E-state index contributed by atoms with van der Waals surface area (Å²) in [6.45, 7) is 7.30. The molecule has 1 aromatic heterocycles. The van der Waals surface area contributed by atoms with Crippen LogP contribution in [-0.4, -0.2) is 16.0 Å². The minimum Gasteiger partial charge on any atom is -0.454 e. The lowest BCUT2D eigenvalue weighted by Gasteiger charge is -2.19. The number of carbonyl (C=O) groups excluding carboxylic acids is 1. The summed E-state index contributed by atoms with van der Waals surface area (Å²) in [5.74, 6) is -0.237. The number of rotatable bonds is 4. The minimum absolute atomic E-state index is 0.0749. The summed E-state index contributed by atoms with van der Waals surface area (Å²) in [7, 11) is 0. The molecule has 0 amide bonds. The van der Waals surface area contributed by atoms with Gasteiger partial charge in [-0.2, -0.15) is 0 Å². The summed E-state index contributed by atoms with van der Waals surface area (Å²) in [6, 6.07) is 6.02. The number of nitrogens with zero attached hydrogens (tertiary/aromatic N) is 2. The molecule has 0 atom stereocenters. The van der Waals surface area contributed by atoms with Gasteiger partial charge in [-0.1, -0.05) is 32.0 Å². The van der Waals surface area contributed by atoms with Crippen molar-refractivity contribution >= 4 is 11.7 Å². The summed E-state index contributed by atoms with van der Waals surface area (Å²) in [5, 5.41) is 14.9. The number of benzene rings is 1. The van der Waals surface area contributed by atoms with Crippen LogP contribution in [0.15, 0.2) is 28.8 Å². The first-order valence-electron chi connectivity index (χ1n) is 7.06. The van der Waals surface area contributed by atoms with E-state index >= 15 is 0 Å². The molecule has 7 nitrogen and oxygen atoms in total. The molecule has 23 heavy (non-hydrogen) atoms. The van der Waals surface area contributed by atoms with Gasteiger partial charge in [-0.15, -0.1) is 0 Å². The van der Waals surface area contributed by atoms with E-state index in [1.54, 1.807) is 19.1 Å². The van der Waals surface area contributed by atoms with Crippen molar-refractivity contribution in [2.75, 3.05) is 0 Å². The standard InChI is InChI=1S/C16H18N2O5/c1-10-7-12(23-17-10)9-22-15(19)11-5-6-13(16(2,3)4)14(8-11)18(20)21/h5-8H,9H2,1-4H3. The summed E-state index contributed by atoms with van der Waals surface area (Å²) >= 11 is 0.